The second kappa shape index (κ2) is 5.94. The average molecular weight is 313 g/mol. The molecule has 0 fully saturated rings. The third-order valence-electron chi connectivity index (χ3n) is 3.26. The number of benzene rings is 1. The quantitative estimate of drug-likeness (QED) is 0.769. The Morgan fingerprint density at radius 1 is 1.22 bits per heavy atom. The third kappa shape index (κ3) is 2.65. The van der Waals surface area contributed by atoms with Crippen LogP contribution in [0.15, 0.2) is 47.7 Å². The maximum Gasteiger partial charge on any atom is 0.144 e. The second-order valence-corrected chi connectivity index (χ2v) is 4.46. The van der Waals surface area contributed by atoms with Gasteiger partial charge in [-0.1, -0.05) is 36.8 Å². The Labute approximate surface area is 133 Å². The zero-order valence-corrected chi connectivity index (χ0v) is 13.1. The molecule has 1 amide bonds. The molecule has 0 bridgehead atoms. The molecule has 0 spiro atoms. The fourth-order valence-electron chi connectivity index (χ4n) is 2.40. The summed E-state index contributed by atoms with van der Waals surface area (Å²) >= 11 is 0. The summed E-state index contributed by atoms with van der Waals surface area (Å²) in [7, 11) is 0. The first-order valence-corrected chi connectivity index (χ1v) is 6.03. The van der Waals surface area contributed by atoms with Gasteiger partial charge in [0.05, 0.1) is 0 Å². The van der Waals surface area contributed by atoms with Crippen molar-refractivity contribution in [3.63, 3.8) is 0 Å². The van der Waals surface area contributed by atoms with Gasteiger partial charge in [-0.15, -0.1) is 11.8 Å². The van der Waals surface area contributed by atoms with Crippen LogP contribution in [-0.4, -0.2) is 10.8 Å². The zero-order chi connectivity index (χ0) is 11.7. The summed E-state index contributed by atoms with van der Waals surface area (Å²) in [6.45, 7) is 0.655. The molecule has 0 saturated heterocycles. The van der Waals surface area contributed by atoms with Gasteiger partial charge in [-0.05, 0) is 18.4 Å². The number of hydrogen-bond donors (Lipinski definition) is 0. The molecule has 1 aromatic carbocycles. The predicted octanol–water partition coefficient (Wildman–Crippen LogP) is 2.82. The Hall–Kier alpha value is -0.726. The van der Waals surface area contributed by atoms with Gasteiger partial charge in [-0.2, -0.15) is 11.6 Å². The molecule has 3 rings (SSSR count). The van der Waals surface area contributed by atoms with E-state index >= 15 is 0 Å². The number of carbonyl (C=O) groups excluding carboxylic acids is 1. The van der Waals surface area contributed by atoms with Crippen LogP contribution in [0.3, 0.4) is 0 Å². The molecule has 18 heavy (non-hydrogen) atoms. The van der Waals surface area contributed by atoms with Gasteiger partial charge in [-0.3, -0.25) is 4.79 Å². The number of nitrogens with zero attached hydrogens (tertiary/aromatic N) is 1. The number of hydrogen-bond acceptors (Lipinski definition) is 1. The number of amides is 1. The molecule has 1 aliphatic heterocycles. The van der Waals surface area contributed by atoms with Gasteiger partial charge in [0.1, 0.15) is 5.91 Å². The first-order chi connectivity index (χ1) is 8.34. The van der Waals surface area contributed by atoms with E-state index in [9.17, 15) is 4.79 Å². The van der Waals surface area contributed by atoms with Crippen molar-refractivity contribution in [3.8, 4) is 0 Å². The number of carbonyl (C=O) groups is 1. The van der Waals surface area contributed by atoms with E-state index in [4.69, 9.17) is 0 Å². The Kier molecular flexibility index (Phi) is 4.52. The standard InChI is InChI=1S/C15H14NO.Y/c17-15-10-13-8-4-5-9-14(13)16(15)11-12-6-2-1-3-7-12;/h1-3,6-7,9H,4-5,8,11H2;/q-1;. The normalized spacial score (nSPS) is 17.8. The molecule has 0 aromatic heterocycles. The van der Waals surface area contributed by atoms with Gasteiger partial charge in [0.2, 0.25) is 0 Å². The van der Waals surface area contributed by atoms with Crippen molar-refractivity contribution in [2.45, 2.75) is 25.8 Å². The van der Waals surface area contributed by atoms with Crippen molar-refractivity contribution in [2.24, 2.45) is 0 Å². The zero-order valence-electron chi connectivity index (χ0n) is 10.2. The molecule has 89 valence electrons. The Balaban J connectivity index is 0.00000120. The Bertz CT molecular complexity index is 504. The van der Waals surface area contributed by atoms with Gasteiger partial charge >= 0.3 is 0 Å². The van der Waals surface area contributed by atoms with Crippen LogP contribution in [0.2, 0.25) is 0 Å². The summed E-state index contributed by atoms with van der Waals surface area (Å²) in [6.07, 6.45) is 8.32. The molecular formula is C15H14NOY-. The van der Waals surface area contributed by atoms with E-state index in [1.165, 1.54) is 0 Å². The van der Waals surface area contributed by atoms with Crippen molar-refractivity contribution < 1.29 is 37.5 Å². The molecule has 1 radical (unpaired) electrons. The molecule has 1 aromatic rings. The van der Waals surface area contributed by atoms with Crippen LogP contribution in [0.5, 0.6) is 0 Å². The first kappa shape index (κ1) is 13.7. The maximum absolute atomic E-state index is 11.9. The predicted molar refractivity (Wildman–Crippen MR) is 65.7 cm³/mol. The van der Waals surface area contributed by atoms with Crippen LogP contribution in [-0.2, 0) is 44.0 Å². The fourth-order valence-corrected chi connectivity index (χ4v) is 2.40. The molecule has 1 aliphatic carbocycles. The van der Waals surface area contributed by atoms with Crippen LogP contribution in [0.1, 0.15) is 24.8 Å². The maximum atomic E-state index is 11.9. The Morgan fingerprint density at radius 3 is 2.78 bits per heavy atom. The molecular weight excluding hydrogens is 299 g/mol. The van der Waals surface area contributed by atoms with Crippen molar-refractivity contribution in [2.75, 3.05) is 0 Å². The monoisotopic (exact) mass is 313 g/mol. The summed E-state index contributed by atoms with van der Waals surface area (Å²) in [5.74, 6) is 0.0111. The summed E-state index contributed by atoms with van der Waals surface area (Å²) < 4.78 is 0. The van der Waals surface area contributed by atoms with E-state index in [-0.39, 0.29) is 38.6 Å². The molecule has 0 unspecified atom stereocenters. The first-order valence-electron chi connectivity index (χ1n) is 6.03. The number of fused-ring (bicyclic) bond motifs is 1. The minimum atomic E-state index is 0. The van der Waals surface area contributed by atoms with Crippen LogP contribution < -0.4 is 0 Å². The van der Waals surface area contributed by atoms with Crippen LogP contribution in [0.25, 0.3) is 0 Å². The van der Waals surface area contributed by atoms with Crippen molar-refractivity contribution >= 4 is 5.91 Å². The van der Waals surface area contributed by atoms with E-state index < -0.39 is 0 Å². The minimum absolute atomic E-state index is 0. The van der Waals surface area contributed by atoms with Gasteiger partial charge in [-0.25, -0.2) is 0 Å². The topological polar surface area (TPSA) is 20.3 Å². The van der Waals surface area contributed by atoms with E-state index in [0.29, 0.717) is 6.54 Å². The average Bonchev–Trinajstić information content (AvgIpc) is 2.68. The largest absolute Gasteiger partial charge is 0.400 e. The summed E-state index contributed by atoms with van der Waals surface area (Å²) in [5.41, 5.74) is 3.35. The molecule has 2 nitrogen and oxygen atoms in total. The minimum Gasteiger partial charge on any atom is -0.400 e. The van der Waals surface area contributed by atoms with Crippen molar-refractivity contribution in [1.82, 2.24) is 4.90 Å². The van der Waals surface area contributed by atoms with Crippen LogP contribution in [0, 0.1) is 6.08 Å². The molecule has 0 atom stereocenters. The number of allylic oxidation sites excluding steroid dienone is 2. The fraction of sp³-hybridized carbons (Fsp3) is 0.267. The van der Waals surface area contributed by atoms with Crippen molar-refractivity contribution in [1.29, 1.82) is 0 Å². The molecule has 0 N–H and O–H groups in total. The summed E-state index contributed by atoms with van der Waals surface area (Å²) in [4.78, 5) is 13.7. The molecule has 3 heteroatoms. The van der Waals surface area contributed by atoms with Gasteiger partial charge in [0.15, 0.2) is 0 Å². The van der Waals surface area contributed by atoms with E-state index in [1.54, 1.807) is 0 Å². The second-order valence-electron chi connectivity index (χ2n) is 4.46. The van der Waals surface area contributed by atoms with E-state index in [2.05, 4.69) is 24.3 Å². The van der Waals surface area contributed by atoms with E-state index in [0.717, 1.165) is 36.1 Å². The Morgan fingerprint density at radius 2 is 2.00 bits per heavy atom. The smallest absolute Gasteiger partial charge is 0.144 e. The van der Waals surface area contributed by atoms with Crippen LogP contribution >= 0.6 is 0 Å². The van der Waals surface area contributed by atoms with Crippen molar-refractivity contribution in [3.05, 3.63) is 59.3 Å². The third-order valence-corrected chi connectivity index (χ3v) is 3.26. The van der Waals surface area contributed by atoms with Gasteiger partial charge in [0, 0.05) is 39.3 Å². The summed E-state index contributed by atoms with van der Waals surface area (Å²) in [6, 6.07) is 10.1. The van der Waals surface area contributed by atoms with E-state index in [1.807, 2.05) is 23.1 Å². The SMILES string of the molecule is O=C1[C-]=C2CCCC=C2N1Cc1ccccc1.[Y]. The molecule has 0 saturated carbocycles. The van der Waals surface area contributed by atoms with Gasteiger partial charge in [0.25, 0.3) is 0 Å². The molecule has 2 aliphatic rings. The van der Waals surface area contributed by atoms with Gasteiger partial charge < -0.3 is 4.90 Å². The molecule has 1 heterocycles. The van der Waals surface area contributed by atoms with Crippen LogP contribution in [0.4, 0.5) is 0 Å². The number of rotatable bonds is 2. The summed E-state index contributed by atoms with van der Waals surface area (Å²) in [5, 5.41) is 0.